The maximum Gasteiger partial charge on any atom is 0.307 e. The second-order valence-corrected chi connectivity index (χ2v) is 6.98. The average molecular weight is 341 g/mol. The Morgan fingerprint density at radius 1 is 1.24 bits per heavy atom. The number of aliphatic hydroxyl groups excluding tert-OH is 1. The Morgan fingerprint density at radius 2 is 2.00 bits per heavy atom. The molecule has 1 aliphatic carbocycles. The van der Waals surface area contributed by atoms with Gasteiger partial charge < -0.3 is 10.2 Å². The molecule has 1 aromatic carbocycles. The summed E-state index contributed by atoms with van der Waals surface area (Å²) >= 11 is 0. The molecule has 0 saturated heterocycles. The Labute approximate surface area is 149 Å². The molecule has 4 heteroatoms. The van der Waals surface area contributed by atoms with Crippen molar-refractivity contribution < 1.29 is 15.0 Å². The number of carboxylic acids is 1. The molecule has 2 N–H and O–H groups in total. The summed E-state index contributed by atoms with van der Waals surface area (Å²) in [6.45, 7) is 6.35. The molecule has 1 heterocycles. The van der Waals surface area contributed by atoms with Gasteiger partial charge in [-0.05, 0) is 49.8 Å². The zero-order chi connectivity index (χ0) is 18.4. The lowest BCUT2D eigenvalue weighted by molar-refractivity contribution is -0.141. The molecule has 25 heavy (non-hydrogen) atoms. The van der Waals surface area contributed by atoms with Crippen LogP contribution < -0.4 is 0 Å². The fraction of sp³-hybridized carbons (Fsp3) is 0.429. The summed E-state index contributed by atoms with van der Waals surface area (Å²) in [5, 5.41) is 17.7. The summed E-state index contributed by atoms with van der Waals surface area (Å²) < 4.78 is 0. The van der Waals surface area contributed by atoms with Crippen LogP contribution in [0.15, 0.2) is 36.4 Å². The van der Waals surface area contributed by atoms with Crippen molar-refractivity contribution in [3.05, 3.63) is 64.5 Å². The van der Waals surface area contributed by atoms with Gasteiger partial charge in [0.15, 0.2) is 0 Å². The van der Waals surface area contributed by atoms with Gasteiger partial charge in [-0.1, -0.05) is 42.8 Å². The highest BCUT2D eigenvalue weighted by Gasteiger charge is 2.27. The van der Waals surface area contributed by atoms with Crippen LogP contribution in [0.4, 0.5) is 0 Å². The summed E-state index contributed by atoms with van der Waals surface area (Å²) in [7, 11) is 0. The van der Waals surface area contributed by atoms with Gasteiger partial charge in [0.2, 0.25) is 0 Å². The summed E-state index contributed by atoms with van der Waals surface area (Å²) in [4.78, 5) is 15.1. The average Bonchev–Trinajstić information content (AvgIpc) is 2.99. The number of benzene rings is 1. The number of hydrogen-bond donors (Lipinski definition) is 2. The van der Waals surface area contributed by atoms with Gasteiger partial charge in [0.1, 0.15) is 0 Å². The minimum Gasteiger partial charge on any atom is -0.481 e. The lowest BCUT2D eigenvalue weighted by atomic mass is 10.0. The Morgan fingerprint density at radius 3 is 2.64 bits per heavy atom. The van der Waals surface area contributed by atoms with Gasteiger partial charge in [0, 0.05) is 24.4 Å². The number of aromatic nitrogens is 1. The van der Waals surface area contributed by atoms with Crippen molar-refractivity contribution in [2.45, 2.75) is 40.0 Å². The maximum atomic E-state index is 10.7. The molecular formula is C21H27NO3. The SMILES string of the molecule is Cc1ccc2c(n1)CC(C(=O)O)C2.Cc1cccc(CC(C)CO)c1. The first-order valence-corrected chi connectivity index (χ1v) is 8.73. The predicted octanol–water partition coefficient (Wildman–Crippen LogP) is 3.36. The van der Waals surface area contributed by atoms with Crippen molar-refractivity contribution in [2.24, 2.45) is 11.8 Å². The van der Waals surface area contributed by atoms with E-state index >= 15 is 0 Å². The van der Waals surface area contributed by atoms with Gasteiger partial charge in [0.25, 0.3) is 0 Å². The minimum atomic E-state index is -0.712. The van der Waals surface area contributed by atoms with E-state index in [1.165, 1.54) is 11.1 Å². The van der Waals surface area contributed by atoms with Crippen LogP contribution in [0, 0.1) is 25.7 Å². The molecule has 2 unspecified atom stereocenters. The number of rotatable bonds is 4. The van der Waals surface area contributed by atoms with Crippen molar-refractivity contribution >= 4 is 5.97 Å². The fourth-order valence-electron chi connectivity index (χ4n) is 3.05. The Kier molecular flexibility index (Phi) is 6.71. The van der Waals surface area contributed by atoms with E-state index in [9.17, 15) is 4.79 Å². The van der Waals surface area contributed by atoms with Crippen LogP contribution in [0.25, 0.3) is 0 Å². The van der Waals surface area contributed by atoms with Gasteiger partial charge >= 0.3 is 5.97 Å². The van der Waals surface area contributed by atoms with Crippen molar-refractivity contribution in [3.8, 4) is 0 Å². The van der Waals surface area contributed by atoms with Crippen molar-refractivity contribution in [2.75, 3.05) is 6.61 Å². The quantitative estimate of drug-likeness (QED) is 0.895. The minimum absolute atomic E-state index is 0.260. The van der Waals surface area contributed by atoms with Gasteiger partial charge in [0.05, 0.1) is 5.92 Å². The van der Waals surface area contributed by atoms with Crippen LogP contribution in [0.1, 0.15) is 35.0 Å². The van der Waals surface area contributed by atoms with E-state index < -0.39 is 5.97 Å². The maximum absolute atomic E-state index is 10.7. The van der Waals surface area contributed by atoms with Gasteiger partial charge in [-0.25, -0.2) is 0 Å². The lowest BCUT2D eigenvalue weighted by Gasteiger charge is -2.07. The van der Waals surface area contributed by atoms with E-state index in [0.717, 1.165) is 23.4 Å². The van der Waals surface area contributed by atoms with Crippen LogP contribution in [-0.4, -0.2) is 27.8 Å². The van der Waals surface area contributed by atoms with Crippen LogP contribution in [0.2, 0.25) is 0 Å². The molecule has 2 atom stereocenters. The molecule has 0 aliphatic heterocycles. The predicted molar refractivity (Wildman–Crippen MR) is 98.6 cm³/mol. The summed E-state index contributed by atoms with van der Waals surface area (Å²) in [5.41, 5.74) is 5.63. The van der Waals surface area contributed by atoms with E-state index in [1.807, 2.05) is 19.1 Å². The number of aliphatic hydroxyl groups is 1. The van der Waals surface area contributed by atoms with Gasteiger partial charge in [-0.15, -0.1) is 0 Å². The summed E-state index contributed by atoms with van der Waals surface area (Å²) in [6.07, 6.45) is 2.20. The monoisotopic (exact) mass is 341 g/mol. The Hall–Kier alpha value is -2.20. The molecule has 0 radical (unpaired) electrons. The van der Waals surface area contributed by atoms with Crippen molar-refractivity contribution in [1.82, 2.24) is 4.98 Å². The van der Waals surface area contributed by atoms with E-state index in [-0.39, 0.29) is 12.5 Å². The second-order valence-electron chi connectivity index (χ2n) is 6.98. The third-order valence-electron chi connectivity index (χ3n) is 4.44. The highest BCUT2D eigenvalue weighted by molar-refractivity contribution is 5.72. The number of aryl methyl sites for hydroxylation is 2. The number of carbonyl (C=O) groups is 1. The van der Waals surface area contributed by atoms with Crippen LogP contribution in [-0.2, 0) is 24.1 Å². The number of nitrogens with zero attached hydrogens (tertiary/aromatic N) is 1. The van der Waals surface area contributed by atoms with E-state index in [0.29, 0.717) is 18.8 Å². The Bertz CT molecular complexity index is 727. The van der Waals surface area contributed by atoms with Gasteiger partial charge in [-0.3, -0.25) is 9.78 Å². The first-order chi connectivity index (χ1) is 11.9. The molecular weight excluding hydrogens is 314 g/mol. The van der Waals surface area contributed by atoms with Crippen LogP contribution in [0.3, 0.4) is 0 Å². The topological polar surface area (TPSA) is 70.4 Å². The number of hydrogen-bond acceptors (Lipinski definition) is 3. The molecule has 0 fully saturated rings. The summed E-state index contributed by atoms with van der Waals surface area (Å²) in [5.74, 6) is -0.605. The molecule has 0 bridgehead atoms. The standard InChI is InChI=1S/C11H16O.C10H11NO2/c1-9-4-3-5-11(6-9)7-10(2)8-12;1-6-2-3-7-4-8(10(12)13)5-9(7)11-6/h3-6,10,12H,7-8H2,1-2H3;2-3,8H,4-5H2,1H3,(H,12,13). The van der Waals surface area contributed by atoms with Crippen molar-refractivity contribution in [3.63, 3.8) is 0 Å². The molecule has 0 amide bonds. The largest absolute Gasteiger partial charge is 0.481 e. The number of aliphatic carboxylic acids is 1. The number of carboxylic acid groups (broad SMARTS) is 1. The molecule has 3 rings (SSSR count). The molecule has 4 nitrogen and oxygen atoms in total. The highest BCUT2D eigenvalue weighted by Crippen LogP contribution is 2.25. The number of pyridine rings is 1. The second kappa shape index (κ2) is 8.77. The molecule has 1 aliphatic rings. The van der Waals surface area contributed by atoms with Crippen LogP contribution >= 0.6 is 0 Å². The Balaban J connectivity index is 0.000000181. The first-order valence-electron chi connectivity index (χ1n) is 8.73. The number of fused-ring (bicyclic) bond motifs is 1. The lowest BCUT2D eigenvalue weighted by Crippen LogP contribution is -2.13. The molecule has 1 aromatic heterocycles. The van der Waals surface area contributed by atoms with E-state index in [1.54, 1.807) is 0 Å². The fourth-order valence-corrected chi connectivity index (χ4v) is 3.05. The zero-order valence-electron chi connectivity index (χ0n) is 15.2. The van der Waals surface area contributed by atoms with Crippen LogP contribution in [0.5, 0.6) is 0 Å². The zero-order valence-corrected chi connectivity index (χ0v) is 15.2. The molecule has 0 saturated carbocycles. The van der Waals surface area contributed by atoms with E-state index in [4.69, 9.17) is 10.2 Å². The van der Waals surface area contributed by atoms with Gasteiger partial charge in [-0.2, -0.15) is 0 Å². The molecule has 134 valence electrons. The normalized spacial score (nSPS) is 16.6. The third-order valence-corrected chi connectivity index (χ3v) is 4.44. The molecule has 2 aromatic rings. The third kappa shape index (κ3) is 5.68. The smallest absolute Gasteiger partial charge is 0.307 e. The van der Waals surface area contributed by atoms with E-state index in [2.05, 4.69) is 43.1 Å². The molecule has 0 spiro atoms. The summed E-state index contributed by atoms with van der Waals surface area (Å²) in [6, 6.07) is 12.4. The highest BCUT2D eigenvalue weighted by atomic mass is 16.4. The first kappa shape index (κ1) is 19.1. The van der Waals surface area contributed by atoms with Crippen molar-refractivity contribution in [1.29, 1.82) is 0 Å².